The van der Waals surface area contributed by atoms with Gasteiger partial charge in [-0.1, -0.05) is 19.1 Å². The van der Waals surface area contributed by atoms with Crippen LogP contribution in [0.15, 0.2) is 48.5 Å². The van der Waals surface area contributed by atoms with Gasteiger partial charge in [0.05, 0.1) is 5.69 Å². The molecule has 2 aromatic rings. The van der Waals surface area contributed by atoms with Gasteiger partial charge < -0.3 is 10.2 Å². The summed E-state index contributed by atoms with van der Waals surface area (Å²) in [5.74, 6) is -2.04. The summed E-state index contributed by atoms with van der Waals surface area (Å²) in [5, 5.41) is 2.79. The van der Waals surface area contributed by atoms with E-state index in [4.69, 9.17) is 0 Å². The maximum absolute atomic E-state index is 13.6. The van der Waals surface area contributed by atoms with Crippen molar-refractivity contribution in [3.63, 3.8) is 0 Å². The van der Waals surface area contributed by atoms with E-state index < -0.39 is 40.3 Å². The Morgan fingerprint density at radius 1 is 0.943 bits per heavy atom. The van der Waals surface area contributed by atoms with Crippen LogP contribution in [-0.2, 0) is 26.3 Å². The number of carbonyl (C=O) groups is 2. The second-order valence-electron chi connectivity index (χ2n) is 8.51. The topological polar surface area (TPSA) is 90.0 Å². The Labute approximate surface area is 205 Å². The zero-order chi connectivity index (χ0) is 26.3. The van der Waals surface area contributed by atoms with E-state index in [1.807, 2.05) is 0 Å². The summed E-state index contributed by atoms with van der Waals surface area (Å²) in [7, 11) is -1.50. The zero-order valence-corrected chi connectivity index (χ0v) is 21.4. The highest BCUT2D eigenvalue weighted by Gasteiger charge is 2.33. The van der Waals surface area contributed by atoms with Gasteiger partial charge in [0.1, 0.15) is 24.2 Å². The van der Waals surface area contributed by atoms with Crippen LogP contribution in [0.3, 0.4) is 0 Å². The molecule has 0 aromatic heterocycles. The fourth-order valence-corrected chi connectivity index (χ4v) is 4.47. The molecular weight excluding hydrogens is 478 g/mol. The third-order valence-corrected chi connectivity index (χ3v) is 7.04. The minimum Gasteiger partial charge on any atom is -0.352 e. The monoisotopic (exact) mass is 510 g/mol. The van der Waals surface area contributed by atoms with Crippen LogP contribution >= 0.6 is 0 Å². The molecule has 192 valence electrons. The molecule has 0 spiro atoms. The molecule has 0 radical (unpaired) electrons. The normalized spacial score (nSPS) is 12.5. The molecule has 0 unspecified atom stereocenters. The van der Waals surface area contributed by atoms with Gasteiger partial charge in [0.25, 0.3) is 0 Å². The first-order chi connectivity index (χ1) is 16.4. The number of nitrogens with one attached hydrogen (secondary N) is 1. The van der Waals surface area contributed by atoms with Crippen molar-refractivity contribution in [2.24, 2.45) is 0 Å². The van der Waals surface area contributed by atoms with Crippen LogP contribution in [0, 0.1) is 11.6 Å². The molecular formula is C24H32F2N4O4S. The van der Waals surface area contributed by atoms with Crippen LogP contribution in [0.2, 0.25) is 0 Å². The van der Waals surface area contributed by atoms with Gasteiger partial charge in [-0.2, -0.15) is 12.7 Å². The van der Waals surface area contributed by atoms with Crippen LogP contribution in [0.5, 0.6) is 0 Å². The smallest absolute Gasteiger partial charge is 0.304 e. The second-order valence-corrected chi connectivity index (χ2v) is 10.6. The van der Waals surface area contributed by atoms with Crippen molar-refractivity contribution in [2.45, 2.75) is 45.8 Å². The minimum absolute atomic E-state index is 0.0393. The fourth-order valence-electron chi connectivity index (χ4n) is 3.41. The summed E-state index contributed by atoms with van der Waals surface area (Å²) < 4.78 is 54.8. The van der Waals surface area contributed by atoms with E-state index >= 15 is 0 Å². The van der Waals surface area contributed by atoms with Gasteiger partial charge in [-0.15, -0.1) is 0 Å². The average Bonchev–Trinajstić information content (AvgIpc) is 2.78. The van der Waals surface area contributed by atoms with Crippen molar-refractivity contribution in [3.05, 3.63) is 65.7 Å². The molecule has 0 heterocycles. The Kier molecular flexibility index (Phi) is 9.73. The van der Waals surface area contributed by atoms with Gasteiger partial charge in [0.15, 0.2) is 0 Å². The van der Waals surface area contributed by atoms with E-state index in [2.05, 4.69) is 5.32 Å². The predicted molar refractivity (Wildman–Crippen MR) is 131 cm³/mol. The van der Waals surface area contributed by atoms with Gasteiger partial charge in [0.2, 0.25) is 11.8 Å². The lowest BCUT2D eigenvalue weighted by molar-refractivity contribution is -0.140. The maximum atomic E-state index is 13.6. The van der Waals surface area contributed by atoms with Crippen molar-refractivity contribution < 1.29 is 26.8 Å². The standard InChI is InChI=1S/C24H32F2N4O4S/c1-6-22(24(32)27-17(2)3)29(15-18-7-9-19(25)10-8-18)23(31)16-30(35(33,34)28(4)5)21-13-11-20(26)12-14-21/h7-14,17,22H,6,15-16H2,1-5H3,(H,27,32)/t22-/m0/s1. The van der Waals surface area contributed by atoms with Crippen LogP contribution in [-0.4, -0.2) is 62.2 Å². The molecule has 0 saturated heterocycles. The molecule has 0 bridgehead atoms. The van der Waals surface area contributed by atoms with Gasteiger partial charge in [-0.25, -0.2) is 13.1 Å². The number of carbonyl (C=O) groups excluding carboxylic acids is 2. The van der Waals surface area contributed by atoms with Crippen molar-refractivity contribution in [3.8, 4) is 0 Å². The van der Waals surface area contributed by atoms with Crippen molar-refractivity contribution in [1.82, 2.24) is 14.5 Å². The summed E-state index contributed by atoms with van der Waals surface area (Å²) in [6.45, 7) is 4.65. The summed E-state index contributed by atoms with van der Waals surface area (Å²) in [6, 6.07) is 9.12. The fraction of sp³-hybridized carbons (Fsp3) is 0.417. The highest BCUT2D eigenvalue weighted by molar-refractivity contribution is 7.90. The third-order valence-electron chi connectivity index (χ3n) is 5.22. The van der Waals surface area contributed by atoms with Crippen molar-refractivity contribution >= 4 is 27.7 Å². The molecule has 1 atom stereocenters. The molecule has 0 aliphatic carbocycles. The summed E-state index contributed by atoms with van der Waals surface area (Å²) in [6.07, 6.45) is 0.266. The molecule has 0 aliphatic heterocycles. The molecule has 1 N–H and O–H groups in total. The Morgan fingerprint density at radius 2 is 1.46 bits per heavy atom. The number of amides is 2. The van der Waals surface area contributed by atoms with E-state index in [9.17, 15) is 26.8 Å². The Bertz CT molecular complexity index is 1110. The average molecular weight is 511 g/mol. The second kappa shape index (κ2) is 12.1. The lowest BCUT2D eigenvalue weighted by atomic mass is 10.1. The third kappa shape index (κ3) is 7.46. The number of rotatable bonds is 11. The van der Waals surface area contributed by atoms with E-state index in [0.717, 1.165) is 20.7 Å². The van der Waals surface area contributed by atoms with Gasteiger partial charge in [0, 0.05) is 26.7 Å². The molecule has 35 heavy (non-hydrogen) atoms. The lowest BCUT2D eigenvalue weighted by Gasteiger charge is -2.34. The SMILES string of the molecule is CC[C@@H](C(=O)NC(C)C)N(Cc1ccc(F)cc1)C(=O)CN(c1ccc(F)cc1)S(=O)(=O)N(C)C. The first kappa shape index (κ1) is 28.2. The van der Waals surface area contributed by atoms with Crippen LogP contribution < -0.4 is 9.62 Å². The molecule has 8 nitrogen and oxygen atoms in total. The van der Waals surface area contributed by atoms with Gasteiger partial charge in [-0.3, -0.25) is 9.59 Å². The molecule has 11 heteroatoms. The highest BCUT2D eigenvalue weighted by atomic mass is 32.2. The van der Waals surface area contributed by atoms with Crippen LogP contribution in [0.25, 0.3) is 0 Å². The minimum atomic E-state index is -4.14. The molecule has 2 aromatic carbocycles. The lowest BCUT2D eigenvalue weighted by Crippen LogP contribution is -2.54. The van der Waals surface area contributed by atoms with E-state index in [0.29, 0.717) is 5.56 Å². The number of halogens is 2. The van der Waals surface area contributed by atoms with E-state index in [1.54, 1.807) is 20.8 Å². The first-order valence-corrected chi connectivity index (χ1v) is 12.6. The Morgan fingerprint density at radius 3 is 1.91 bits per heavy atom. The van der Waals surface area contributed by atoms with Crippen LogP contribution in [0.4, 0.5) is 14.5 Å². The number of hydrogen-bond donors (Lipinski definition) is 1. The van der Waals surface area contributed by atoms with Gasteiger partial charge in [-0.05, 0) is 62.2 Å². The number of nitrogens with zero attached hydrogens (tertiary/aromatic N) is 3. The largest absolute Gasteiger partial charge is 0.352 e. The number of benzene rings is 2. The molecule has 0 aliphatic rings. The summed E-state index contributed by atoms with van der Waals surface area (Å²) in [5.41, 5.74) is 0.661. The maximum Gasteiger partial charge on any atom is 0.304 e. The van der Waals surface area contributed by atoms with E-state index in [1.165, 1.54) is 55.4 Å². The highest BCUT2D eigenvalue weighted by Crippen LogP contribution is 2.22. The number of anilines is 1. The Balaban J connectivity index is 2.48. The summed E-state index contributed by atoms with van der Waals surface area (Å²) in [4.78, 5) is 27.8. The summed E-state index contributed by atoms with van der Waals surface area (Å²) >= 11 is 0. The van der Waals surface area contributed by atoms with Crippen molar-refractivity contribution in [2.75, 3.05) is 24.9 Å². The predicted octanol–water partition coefficient (Wildman–Crippen LogP) is 2.91. The Hall–Kier alpha value is -3.05. The number of hydrogen-bond acceptors (Lipinski definition) is 4. The molecule has 0 saturated carbocycles. The molecule has 0 fully saturated rings. The van der Waals surface area contributed by atoms with Crippen molar-refractivity contribution in [1.29, 1.82) is 0 Å². The van der Waals surface area contributed by atoms with Gasteiger partial charge >= 0.3 is 10.2 Å². The quantitative estimate of drug-likeness (QED) is 0.503. The first-order valence-electron chi connectivity index (χ1n) is 11.2. The molecule has 2 amide bonds. The van der Waals surface area contributed by atoms with E-state index in [-0.39, 0.29) is 30.6 Å². The molecule has 2 rings (SSSR count). The van der Waals surface area contributed by atoms with Crippen LogP contribution in [0.1, 0.15) is 32.8 Å². The zero-order valence-electron chi connectivity index (χ0n) is 20.5.